The number of hydrogen-bond donors (Lipinski definition) is 1. The normalized spacial score (nSPS) is 22.1. The molecule has 2 aromatic rings. The third-order valence-corrected chi connectivity index (χ3v) is 6.77. The van der Waals surface area contributed by atoms with Crippen molar-refractivity contribution in [1.29, 1.82) is 0 Å². The molecular weight excluding hydrogens is 406 g/mol. The Morgan fingerprint density at radius 2 is 1.90 bits per heavy atom. The lowest BCUT2D eigenvalue weighted by atomic mass is 10.1. The van der Waals surface area contributed by atoms with Crippen LogP contribution >= 0.6 is 23.5 Å². The molecule has 2 aromatic carbocycles. The topological polar surface area (TPSA) is 74.7 Å². The number of carboxylic acids is 1. The number of thioether (sulfide) groups is 2. The fraction of sp³-hybridized carbons (Fsp3) is 0.318. The Labute approximate surface area is 185 Å². The number of amides is 1. The van der Waals surface area contributed by atoms with E-state index in [9.17, 15) is 19.5 Å². The quantitative estimate of drug-likeness (QED) is 0.709. The Kier molecular flexibility index (Phi) is 5.36. The summed E-state index contributed by atoms with van der Waals surface area (Å²) in [6.45, 7) is 1.70. The minimum Gasteiger partial charge on any atom is -0.480 e. The predicted octanol–water partition coefficient (Wildman–Crippen LogP) is 4.04. The van der Waals surface area contributed by atoms with Crippen LogP contribution < -0.4 is 0 Å². The fourth-order valence-corrected chi connectivity index (χ4v) is 4.95. The van der Waals surface area contributed by atoms with Gasteiger partial charge in [-0.25, -0.2) is 4.79 Å². The van der Waals surface area contributed by atoms with E-state index in [1.165, 1.54) is 4.90 Å². The van der Waals surface area contributed by atoms with Crippen LogP contribution in [0.4, 0.5) is 0 Å². The minimum absolute atomic E-state index is 0.0338. The molecule has 3 atom stereocenters. The largest absolute Gasteiger partial charge is 0.480 e. The number of rotatable bonds is 7. The van der Waals surface area contributed by atoms with Gasteiger partial charge in [0, 0.05) is 33.9 Å². The molecule has 0 aromatic heterocycles. The Morgan fingerprint density at radius 3 is 2.55 bits per heavy atom. The third-order valence-electron chi connectivity index (χ3n) is 4.49. The SMILES string of the molecule is [2H]c1c([2H])c([2H])c(SC2C[C@@H](C(=O)O)N(C(=O)C(C)CSC(=O)c3ccccc3)C2)c([2H])c1[2H]. The summed E-state index contributed by atoms with van der Waals surface area (Å²) in [6.07, 6.45) is 0.0801. The summed E-state index contributed by atoms with van der Waals surface area (Å²) in [5.74, 6) is -1.98. The number of aliphatic carboxylic acids is 1. The highest BCUT2D eigenvalue weighted by Crippen LogP contribution is 2.34. The van der Waals surface area contributed by atoms with Crippen molar-refractivity contribution in [2.24, 2.45) is 5.92 Å². The number of carbonyl (C=O) groups is 3. The number of nitrogens with zero attached hydrogens (tertiary/aromatic N) is 1. The summed E-state index contributed by atoms with van der Waals surface area (Å²) in [4.78, 5) is 38.5. The van der Waals surface area contributed by atoms with Gasteiger partial charge in [-0.1, -0.05) is 67.1 Å². The van der Waals surface area contributed by atoms with Crippen LogP contribution in [0.5, 0.6) is 0 Å². The van der Waals surface area contributed by atoms with E-state index in [-0.39, 0.29) is 40.8 Å². The Hall–Kier alpha value is -2.25. The zero-order valence-electron chi connectivity index (χ0n) is 20.7. The van der Waals surface area contributed by atoms with E-state index in [4.69, 9.17) is 6.85 Å². The molecule has 1 aliphatic rings. The highest BCUT2D eigenvalue weighted by atomic mass is 32.2. The molecule has 0 saturated carbocycles. The summed E-state index contributed by atoms with van der Waals surface area (Å²) >= 11 is 1.99. The van der Waals surface area contributed by atoms with Crippen molar-refractivity contribution in [2.45, 2.75) is 29.5 Å². The van der Waals surface area contributed by atoms with Crippen LogP contribution in [0, 0.1) is 5.92 Å². The van der Waals surface area contributed by atoms with Gasteiger partial charge in [0.15, 0.2) is 0 Å². The molecule has 7 heteroatoms. The number of carbonyl (C=O) groups excluding carboxylic acids is 2. The summed E-state index contributed by atoms with van der Waals surface area (Å²) in [5.41, 5.74) is 0.520. The average molecular weight is 435 g/mol. The highest BCUT2D eigenvalue weighted by molar-refractivity contribution is 8.14. The van der Waals surface area contributed by atoms with Crippen LogP contribution in [-0.2, 0) is 9.59 Å². The van der Waals surface area contributed by atoms with Crippen LogP contribution in [0.3, 0.4) is 0 Å². The molecule has 29 heavy (non-hydrogen) atoms. The molecule has 1 aliphatic heterocycles. The lowest BCUT2D eigenvalue weighted by Gasteiger charge is -2.24. The number of carboxylic acid groups (broad SMARTS) is 1. The average Bonchev–Trinajstić information content (AvgIpc) is 3.26. The van der Waals surface area contributed by atoms with Gasteiger partial charge in [-0.3, -0.25) is 9.59 Å². The Bertz CT molecular complexity index is 1090. The molecule has 1 saturated heterocycles. The first-order valence-electron chi connectivity index (χ1n) is 11.5. The molecule has 0 bridgehead atoms. The molecule has 152 valence electrons. The molecule has 1 heterocycles. The van der Waals surface area contributed by atoms with Gasteiger partial charge in [-0.2, -0.15) is 0 Å². The maximum Gasteiger partial charge on any atom is 0.326 e. The van der Waals surface area contributed by atoms with Crippen molar-refractivity contribution >= 4 is 40.5 Å². The van der Waals surface area contributed by atoms with Crippen molar-refractivity contribution < 1.29 is 26.3 Å². The minimum atomic E-state index is -1.17. The molecule has 1 fully saturated rings. The lowest BCUT2D eigenvalue weighted by Crippen LogP contribution is -2.43. The summed E-state index contributed by atoms with van der Waals surface area (Å²) in [5, 5.41) is 9.04. The summed E-state index contributed by atoms with van der Waals surface area (Å²) in [7, 11) is 0. The third kappa shape index (κ3) is 5.64. The first-order valence-corrected chi connectivity index (χ1v) is 10.9. The van der Waals surface area contributed by atoms with E-state index in [0.717, 1.165) is 23.5 Å². The van der Waals surface area contributed by atoms with Crippen LogP contribution in [0.2, 0.25) is 0 Å². The molecular formula is C22H23NO4S2. The smallest absolute Gasteiger partial charge is 0.326 e. The van der Waals surface area contributed by atoms with Gasteiger partial charge >= 0.3 is 5.97 Å². The van der Waals surface area contributed by atoms with E-state index in [0.29, 0.717) is 5.56 Å². The van der Waals surface area contributed by atoms with E-state index in [2.05, 4.69) is 0 Å². The van der Waals surface area contributed by atoms with Gasteiger partial charge in [0.05, 0.1) is 6.85 Å². The molecule has 0 aliphatic carbocycles. The number of likely N-dealkylation sites (tertiary alicyclic amines) is 1. The second kappa shape index (κ2) is 9.98. The predicted molar refractivity (Wildman–Crippen MR) is 116 cm³/mol. The molecule has 0 radical (unpaired) electrons. The second-order valence-corrected chi connectivity index (χ2v) is 8.94. The monoisotopic (exact) mass is 434 g/mol. The molecule has 1 N–H and O–H groups in total. The van der Waals surface area contributed by atoms with Gasteiger partial charge in [-0.05, 0) is 18.5 Å². The van der Waals surface area contributed by atoms with Crippen LogP contribution in [0.1, 0.15) is 30.6 Å². The maximum absolute atomic E-state index is 13.1. The molecule has 0 spiro atoms. The first-order chi connectivity index (χ1) is 16.0. The summed E-state index contributed by atoms with van der Waals surface area (Å²) in [6, 6.07) is 5.45. The van der Waals surface area contributed by atoms with Crippen molar-refractivity contribution in [1.82, 2.24) is 4.90 Å². The van der Waals surface area contributed by atoms with Gasteiger partial charge < -0.3 is 10.0 Å². The van der Waals surface area contributed by atoms with Crippen molar-refractivity contribution in [2.75, 3.05) is 12.3 Å². The summed E-state index contributed by atoms with van der Waals surface area (Å²) < 4.78 is 39.5. The van der Waals surface area contributed by atoms with E-state index in [1.807, 2.05) is 0 Å². The first kappa shape index (κ1) is 15.6. The van der Waals surface area contributed by atoms with Crippen LogP contribution in [-0.4, -0.2) is 50.6 Å². The fourth-order valence-electron chi connectivity index (χ4n) is 3.04. The number of hydrogen-bond acceptors (Lipinski definition) is 5. The van der Waals surface area contributed by atoms with Gasteiger partial charge in [-0.15, -0.1) is 11.8 Å². The van der Waals surface area contributed by atoms with Crippen molar-refractivity contribution in [3.63, 3.8) is 0 Å². The molecule has 1 amide bonds. The highest BCUT2D eigenvalue weighted by Gasteiger charge is 2.41. The van der Waals surface area contributed by atoms with Crippen LogP contribution in [0.25, 0.3) is 0 Å². The maximum atomic E-state index is 13.1. The molecule has 2 unspecified atom stereocenters. The van der Waals surface area contributed by atoms with Crippen molar-refractivity contribution in [3.8, 4) is 0 Å². The lowest BCUT2D eigenvalue weighted by molar-refractivity contribution is -0.149. The van der Waals surface area contributed by atoms with Gasteiger partial charge in [0.1, 0.15) is 6.04 Å². The van der Waals surface area contributed by atoms with E-state index in [1.54, 1.807) is 37.3 Å². The Morgan fingerprint density at radius 1 is 1.21 bits per heavy atom. The van der Waals surface area contributed by atoms with Gasteiger partial charge in [0.25, 0.3) is 0 Å². The molecule has 5 nitrogen and oxygen atoms in total. The van der Waals surface area contributed by atoms with Crippen molar-refractivity contribution in [3.05, 3.63) is 66.1 Å². The zero-order chi connectivity index (χ0) is 25.2. The Balaban J connectivity index is 1.71. The zero-order valence-corrected chi connectivity index (χ0v) is 17.3. The standard InChI is InChI=1S/C22H23NO4S2/c1-15(14-28-22(27)16-8-4-2-5-9-16)20(24)23-13-18(12-19(23)21(25)26)29-17-10-6-3-7-11-17/h2-11,15,18-19H,12-14H2,1H3,(H,25,26)/t15?,18?,19-/m0/s1/i3D,6D,7D,10D,11D. The molecule has 3 rings (SSSR count). The van der Waals surface area contributed by atoms with Crippen LogP contribution in [0.15, 0.2) is 65.4 Å². The van der Waals surface area contributed by atoms with E-state index >= 15 is 0 Å². The van der Waals surface area contributed by atoms with Gasteiger partial charge in [0.2, 0.25) is 11.0 Å². The van der Waals surface area contributed by atoms with E-state index < -0.39 is 47.2 Å². The number of benzene rings is 2. The second-order valence-electron chi connectivity index (χ2n) is 6.64.